The van der Waals surface area contributed by atoms with Crippen LogP contribution >= 0.6 is 0 Å². The van der Waals surface area contributed by atoms with Crippen molar-refractivity contribution < 1.29 is 0 Å². The first-order valence-corrected chi connectivity index (χ1v) is 6.15. The van der Waals surface area contributed by atoms with Crippen LogP contribution in [0.4, 0.5) is 5.69 Å². The molecule has 17 heavy (non-hydrogen) atoms. The zero-order chi connectivity index (χ0) is 11.7. The summed E-state index contributed by atoms with van der Waals surface area (Å²) >= 11 is 0. The normalized spacial score (nSPS) is 18.3. The van der Waals surface area contributed by atoms with Gasteiger partial charge in [0.2, 0.25) is 0 Å². The summed E-state index contributed by atoms with van der Waals surface area (Å²) in [6.45, 7) is 2.22. The van der Waals surface area contributed by atoms with Gasteiger partial charge in [-0.05, 0) is 31.9 Å². The molecule has 0 fully saturated rings. The topological polar surface area (TPSA) is 24.9 Å². The number of hydrogen-bond acceptors (Lipinski definition) is 2. The van der Waals surface area contributed by atoms with Gasteiger partial charge in [0.15, 0.2) is 0 Å². The smallest absolute Gasteiger partial charge is 0.0706 e. The fourth-order valence-corrected chi connectivity index (χ4v) is 2.28. The van der Waals surface area contributed by atoms with Gasteiger partial charge in [0.25, 0.3) is 0 Å². The molecule has 3 rings (SSSR count). The van der Waals surface area contributed by atoms with Gasteiger partial charge in [-0.1, -0.05) is 30.3 Å². The fraction of sp³-hybridized carbons (Fsp3) is 0.267. The first-order chi connectivity index (χ1) is 8.33. The molecule has 0 saturated carbocycles. The maximum absolute atomic E-state index is 4.76. The van der Waals surface area contributed by atoms with E-state index >= 15 is 0 Å². The lowest BCUT2D eigenvalue weighted by molar-refractivity contribution is 0.668. The van der Waals surface area contributed by atoms with Crippen LogP contribution < -0.4 is 5.32 Å². The van der Waals surface area contributed by atoms with E-state index in [1.54, 1.807) is 0 Å². The molecule has 1 aromatic heterocycles. The summed E-state index contributed by atoms with van der Waals surface area (Å²) in [6.07, 6.45) is 2.24. The summed E-state index contributed by atoms with van der Waals surface area (Å²) < 4.78 is 0. The Kier molecular flexibility index (Phi) is 2.56. The van der Waals surface area contributed by atoms with E-state index in [9.17, 15) is 0 Å². The van der Waals surface area contributed by atoms with Crippen LogP contribution in [0.25, 0.3) is 11.3 Å². The minimum absolute atomic E-state index is 0.562. The number of nitrogens with one attached hydrogen (secondary N) is 1. The number of anilines is 1. The number of fused-ring (bicyclic) bond motifs is 1. The predicted molar refractivity (Wildman–Crippen MR) is 71.1 cm³/mol. The first-order valence-electron chi connectivity index (χ1n) is 6.15. The lowest BCUT2D eigenvalue weighted by Gasteiger charge is -2.23. The van der Waals surface area contributed by atoms with Gasteiger partial charge in [-0.2, -0.15) is 0 Å². The summed E-state index contributed by atoms with van der Waals surface area (Å²) in [5, 5.41) is 3.48. The molecule has 1 aromatic carbocycles. The molecule has 1 N–H and O–H groups in total. The fourth-order valence-electron chi connectivity index (χ4n) is 2.28. The van der Waals surface area contributed by atoms with Gasteiger partial charge in [-0.3, -0.25) is 4.98 Å². The zero-order valence-corrected chi connectivity index (χ0v) is 9.98. The van der Waals surface area contributed by atoms with Crippen molar-refractivity contribution in [3.8, 4) is 11.3 Å². The molecule has 2 aromatic rings. The van der Waals surface area contributed by atoms with Gasteiger partial charge < -0.3 is 5.32 Å². The molecule has 0 aliphatic carbocycles. The summed E-state index contributed by atoms with van der Waals surface area (Å²) in [7, 11) is 0. The third kappa shape index (κ3) is 2.03. The quantitative estimate of drug-likeness (QED) is 0.802. The third-order valence-electron chi connectivity index (χ3n) is 3.26. The Bertz CT molecular complexity index is 520. The number of pyridine rings is 1. The van der Waals surface area contributed by atoms with Crippen molar-refractivity contribution in [1.82, 2.24) is 4.98 Å². The number of rotatable bonds is 1. The van der Waals surface area contributed by atoms with E-state index in [1.165, 1.54) is 16.9 Å². The van der Waals surface area contributed by atoms with E-state index < -0.39 is 0 Å². The number of aryl methyl sites for hydroxylation is 1. The number of hydrogen-bond donors (Lipinski definition) is 1. The van der Waals surface area contributed by atoms with Crippen LogP contribution in [-0.2, 0) is 6.42 Å². The molecule has 2 heteroatoms. The second kappa shape index (κ2) is 4.21. The maximum atomic E-state index is 4.76. The van der Waals surface area contributed by atoms with Crippen LogP contribution in [0.3, 0.4) is 0 Å². The average Bonchev–Trinajstić information content (AvgIpc) is 2.39. The highest BCUT2D eigenvalue weighted by molar-refractivity contribution is 5.63. The van der Waals surface area contributed by atoms with Gasteiger partial charge in [0.1, 0.15) is 0 Å². The van der Waals surface area contributed by atoms with Crippen molar-refractivity contribution in [3.05, 3.63) is 48.2 Å². The Morgan fingerprint density at radius 1 is 1.12 bits per heavy atom. The number of nitrogens with zero attached hydrogens (tertiary/aromatic N) is 1. The van der Waals surface area contributed by atoms with Crippen LogP contribution in [-0.4, -0.2) is 11.0 Å². The van der Waals surface area contributed by atoms with Gasteiger partial charge in [0.05, 0.1) is 17.1 Å². The Labute approximate surface area is 102 Å². The largest absolute Gasteiger partial charge is 0.381 e. The lowest BCUT2D eigenvalue weighted by Crippen LogP contribution is -2.22. The minimum atomic E-state index is 0.562. The van der Waals surface area contributed by atoms with E-state index in [4.69, 9.17) is 4.98 Å². The number of benzene rings is 1. The molecule has 1 atom stereocenters. The Morgan fingerprint density at radius 2 is 1.94 bits per heavy atom. The van der Waals surface area contributed by atoms with Crippen molar-refractivity contribution in [2.45, 2.75) is 25.8 Å². The van der Waals surface area contributed by atoms with Gasteiger partial charge in [0, 0.05) is 11.6 Å². The van der Waals surface area contributed by atoms with E-state index in [1.807, 2.05) is 6.07 Å². The summed E-state index contributed by atoms with van der Waals surface area (Å²) in [6, 6.07) is 15.2. The minimum Gasteiger partial charge on any atom is -0.381 e. The molecular formula is C15H16N2. The van der Waals surface area contributed by atoms with Gasteiger partial charge in [-0.25, -0.2) is 0 Å². The summed E-state index contributed by atoms with van der Waals surface area (Å²) in [5.74, 6) is 0. The van der Waals surface area contributed by atoms with Crippen LogP contribution in [0.1, 0.15) is 19.0 Å². The summed E-state index contributed by atoms with van der Waals surface area (Å²) in [4.78, 5) is 4.76. The molecule has 0 saturated heterocycles. The van der Waals surface area contributed by atoms with Crippen LogP contribution in [0.15, 0.2) is 42.5 Å². The molecule has 1 unspecified atom stereocenters. The molecule has 2 nitrogen and oxygen atoms in total. The molecular weight excluding hydrogens is 208 g/mol. The number of aromatic nitrogens is 1. The average molecular weight is 224 g/mol. The van der Waals surface area contributed by atoms with E-state index in [-0.39, 0.29) is 0 Å². The standard InChI is InChI=1S/C15H16N2/c1-11-7-8-15-14(16-11)10-9-13(17-15)12-5-3-2-4-6-12/h2-6,9-11,16H,7-8H2,1H3. The molecule has 0 amide bonds. The van der Waals surface area contributed by atoms with Crippen LogP contribution in [0, 0.1) is 0 Å². The second-order valence-corrected chi connectivity index (χ2v) is 4.64. The second-order valence-electron chi connectivity index (χ2n) is 4.64. The van der Waals surface area contributed by atoms with Crippen LogP contribution in [0.2, 0.25) is 0 Å². The first kappa shape index (κ1) is 10.3. The van der Waals surface area contributed by atoms with Crippen molar-refractivity contribution >= 4 is 5.69 Å². The molecule has 0 radical (unpaired) electrons. The van der Waals surface area contributed by atoms with Gasteiger partial charge >= 0.3 is 0 Å². The highest BCUT2D eigenvalue weighted by Gasteiger charge is 2.15. The predicted octanol–water partition coefficient (Wildman–Crippen LogP) is 3.50. The highest BCUT2D eigenvalue weighted by atomic mass is 15.0. The van der Waals surface area contributed by atoms with Crippen molar-refractivity contribution in [2.75, 3.05) is 5.32 Å². The highest BCUT2D eigenvalue weighted by Crippen LogP contribution is 2.26. The van der Waals surface area contributed by atoms with E-state index in [0.717, 1.165) is 18.5 Å². The Hall–Kier alpha value is -1.83. The zero-order valence-electron chi connectivity index (χ0n) is 9.98. The Morgan fingerprint density at radius 3 is 2.76 bits per heavy atom. The molecule has 0 bridgehead atoms. The molecule has 1 aliphatic heterocycles. The van der Waals surface area contributed by atoms with E-state index in [2.05, 4.69) is 48.6 Å². The third-order valence-corrected chi connectivity index (χ3v) is 3.26. The summed E-state index contributed by atoms with van der Waals surface area (Å²) in [5.41, 5.74) is 4.66. The SMILES string of the molecule is CC1CCc2nc(-c3ccccc3)ccc2N1. The molecule has 0 spiro atoms. The molecule has 1 aliphatic rings. The van der Waals surface area contributed by atoms with E-state index in [0.29, 0.717) is 6.04 Å². The van der Waals surface area contributed by atoms with Gasteiger partial charge in [-0.15, -0.1) is 0 Å². The lowest BCUT2D eigenvalue weighted by atomic mass is 10.0. The van der Waals surface area contributed by atoms with Crippen molar-refractivity contribution in [2.24, 2.45) is 0 Å². The van der Waals surface area contributed by atoms with Crippen molar-refractivity contribution in [1.29, 1.82) is 0 Å². The maximum Gasteiger partial charge on any atom is 0.0706 e. The Balaban J connectivity index is 1.99. The molecule has 2 heterocycles. The van der Waals surface area contributed by atoms with Crippen LogP contribution in [0.5, 0.6) is 0 Å². The monoisotopic (exact) mass is 224 g/mol. The van der Waals surface area contributed by atoms with Crippen molar-refractivity contribution in [3.63, 3.8) is 0 Å². The molecule has 86 valence electrons.